The third kappa shape index (κ3) is 7.74. The molecule has 1 amide bonds. The molecule has 3 aromatic rings. The molecule has 0 aliphatic rings. The van der Waals surface area contributed by atoms with Crippen LogP contribution in [0.25, 0.3) is 0 Å². The van der Waals surface area contributed by atoms with Crippen molar-refractivity contribution in [3.8, 4) is 0 Å². The summed E-state index contributed by atoms with van der Waals surface area (Å²) in [6.07, 6.45) is 2.77. The minimum atomic E-state index is -0.520. The number of nitrogens with one attached hydrogen (secondary N) is 3. The number of carbonyl (C=O) groups is 1. The molecule has 34 heavy (non-hydrogen) atoms. The van der Waals surface area contributed by atoms with Crippen LogP contribution in [-0.2, 0) is 11.4 Å². The van der Waals surface area contributed by atoms with Gasteiger partial charge in [0.25, 0.3) is 5.91 Å². The number of hydrogen-bond donors (Lipinski definition) is 3. The molecule has 1 heterocycles. The van der Waals surface area contributed by atoms with E-state index >= 15 is 0 Å². The molecule has 9 heteroatoms. The highest BCUT2D eigenvalue weighted by Crippen LogP contribution is 2.19. The lowest BCUT2D eigenvalue weighted by Crippen LogP contribution is -2.56. The number of amides is 1. The van der Waals surface area contributed by atoms with E-state index in [-0.39, 0.29) is 24.3 Å². The first-order valence-electron chi connectivity index (χ1n) is 10.6. The van der Waals surface area contributed by atoms with Crippen LogP contribution in [0.2, 0.25) is 5.02 Å². The van der Waals surface area contributed by atoms with Gasteiger partial charge in [0.2, 0.25) is 5.96 Å². The molecule has 3 N–H and O–H groups in total. The Morgan fingerprint density at radius 3 is 2.41 bits per heavy atom. The van der Waals surface area contributed by atoms with Gasteiger partial charge >= 0.3 is 0 Å². The smallest absolute Gasteiger partial charge is 0.252 e. The summed E-state index contributed by atoms with van der Waals surface area (Å²) in [5.41, 5.74) is 1.52. The number of guanidine groups is 1. The molecule has 0 radical (unpaired) electrons. The van der Waals surface area contributed by atoms with Crippen LogP contribution in [0, 0.1) is 11.2 Å². The van der Waals surface area contributed by atoms with Crippen LogP contribution in [0.4, 0.5) is 10.1 Å². The first-order valence-corrected chi connectivity index (χ1v) is 11.0. The predicted octanol–water partition coefficient (Wildman–Crippen LogP) is 5.17. The van der Waals surface area contributed by atoms with E-state index in [9.17, 15) is 9.18 Å². The van der Waals surface area contributed by atoms with Crippen LogP contribution in [0.5, 0.6) is 0 Å². The van der Waals surface area contributed by atoms with Gasteiger partial charge < -0.3 is 20.8 Å². The van der Waals surface area contributed by atoms with Crippen molar-refractivity contribution in [1.29, 1.82) is 0 Å². The lowest BCUT2D eigenvalue weighted by Gasteiger charge is -2.33. The van der Waals surface area contributed by atoms with Gasteiger partial charge in [0.1, 0.15) is 18.6 Å². The van der Waals surface area contributed by atoms with Crippen molar-refractivity contribution in [2.45, 2.75) is 33.5 Å². The van der Waals surface area contributed by atoms with E-state index < -0.39 is 11.6 Å². The van der Waals surface area contributed by atoms with Gasteiger partial charge in [0, 0.05) is 22.2 Å². The average Bonchev–Trinajstić information content (AvgIpc) is 2.80. The van der Waals surface area contributed by atoms with Crippen molar-refractivity contribution in [3.63, 3.8) is 0 Å². The van der Waals surface area contributed by atoms with E-state index in [4.69, 9.17) is 16.4 Å². The molecule has 0 bridgehead atoms. The molecule has 1 unspecified atom stereocenters. The Morgan fingerprint density at radius 1 is 1.09 bits per heavy atom. The molecule has 0 saturated heterocycles. The van der Waals surface area contributed by atoms with Gasteiger partial charge in [0.15, 0.2) is 0 Å². The van der Waals surface area contributed by atoms with E-state index in [2.05, 4.69) is 26.1 Å². The topological polar surface area (TPSA) is 87.6 Å². The lowest BCUT2D eigenvalue weighted by atomic mass is 9.92. The summed E-state index contributed by atoms with van der Waals surface area (Å²) in [5, 5.41) is 14.1. The number of oxime groups is 1. The second kappa shape index (κ2) is 11.5. The fraction of sp³-hybridized carbons (Fsp3) is 0.240. The van der Waals surface area contributed by atoms with E-state index in [1.54, 1.807) is 54.9 Å². The second-order valence-corrected chi connectivity index (χ2v) is 9.07. The Kier molecular flexibility index (Phi) is 8.43. The molecule has 0 aliphatic carbocycles. The van der Waals surface area contributed by atoms with Crippen molar-refractivity contribution in [3.05, 3.63) is 95.0 Å². The maximum atomic E-state index is 13.1. The number of aromatic nitrogens is 1. The first-order chi connectivity index (χ1) is 16.2. The zero-order chi connectivity index (χ0) is 24.6. The minimum absolute atomic E-state index is 0.136. The Labute approximate surface area is 203 Å². The molecule has 0 saturated carbocycles. The molecule has 178 valence electrons. The van der Waals surface area contributed by atoms with Crippen LogP contribution < -0.4 is 16.0 Å². The molecular weight excluding hydrogens is 457 g/mol. The van der Waals surface area contributed by atoms with Crippen LogP contribution in [-0.4, -0.2) is 23.0 Å². The van der Waals surface area contributed by atoms with Crippen molar-refractivity contribution >= 4 is 29.2 Å². The number of nitrogens with zero attached hydrogens (tertiary/aromatic N) is 2. The fourth-order valence-corrected chi connectivity index (χ4v) is 2.96. The maximum absolute atomic E-state index is 13.1. The summed E-state index contributed by atoms with van der Waals surface area (Å²) in [6.45, 7) is 6.08. The van der Waals surface area contributed by atoms with Gasteiger partial charge in [0.05, 0.1) is 11.9 Å². The van der Waals surface area contributed by atoms with Gasteiger partial charge in [-0.2, -0.15) is 0 Å². The van der Waals surface area contributed by atoms with Crippen molar-refractivity contribution in [1.82, 2.24) is 15.6 Å². The molecule has 2 aromatic carbocycles. The molecule has 0 fully saturated rings. The Hall–Kier alpha value is -3.65. The van der Waals surface area contributed by atoms with Crippen LogP contribution in [0.1, 0.15) is 36.7 Å². The van der Waals surface area contributed by atoms with E-state index in [1.165, 1.54) is 12.1 Å². The summed E-state index contributed by atoms with van der Waals surface area (Å²) in [4.78, 5) is 22.5. The summed E-state index contributed by atoms with van der Waals surface area (Å²) < 4.78 is 13.1. The van der Waals surface area contributed by atoms with Gasteiger partial charge in [-0.15, -0.1) is 0 Å². The predicted molar refractivity (Wildman–Crippen MR) is 132 cm³/mol. The average molecular weight is 484 g/mol. The zero-order valence-electron chi connectivity index (χ0n) is 19.2. The monoisotopic (exact) mass is 483 g/mol. The van der Waals surface area contributed by atoms with Crippen molar-refractivity contribution in [2.75, 3.05) is 5.32 Å². The number of hydrogen-bond acceptors (Lipinski definition) is 4. The highest BCUT2D eigenvalue weighted by Gasteiger charge is 2.28. The van der Waals surface area contributed by atoms with Gasteiger partial charge in [-0.1, -0.05) is 44.5 Å². The number of carbonyl (C=O) groups excluding carboxylic acids is 1. The number of pyridine rings is 1. The van der Waals surface area contributed by atoms with Gasteiger partial charge in [-0.3, -0.25) is 9.78 Å². The summed E-state index contributed by atoms with van der Waals surface area (Å²) in [5.74, 6) is -0.319. The largest absolute Gasteiger partial charge is 0.388 e. The second-order valence-electron chi connectivity index (χ2n) is 8.63. The lowest BCUT2D eigenvalue weighted by molar-refractivity contribution is 0.0891. The number of halogens is 2. The third-order valence-electron chi connectivity index (χ3n) is 4.75. The summed E-state index contributed by atoms with van der Waals surface area (Å²) in [7, 11) is 0. The summed E-state index contributed by atoms with van der Waals surface area (Å²) >= 11 is 5.94. The third-order valence-corrected chi connectivity index (χ3v) is 5.01. The highest BCUT2D eigenvalue weighted by atomic mass is 35.5. The van der Waals surface area contributed by atoms with E-state index in [0.29, 0.717) is 16.3 Å². The molecule has 0 aliphatic heterocycles. The zero-order valence-corrected chi connectivity index (χ0v) is 19.9. The highest BCUT2D eigenvalue weighted by molar-refractivity contribution is 6.30. The van der Waals surface area contributed by atoms with Crippen molar-refractivity contribution in [2.24, 2.45) is 10.6 Å². The van der Waals surface area contributed by atoms with Gasteiger partial charge in [-0.25, -0.2) is 4.39 Å². The maximum Gasteiger partial charge on any atom is 0.252 e. The molecular formula is C25H27ClFN5O2. The number of anilines is 1. The quantitative estimate of drug-likeness (QED) is 0.187. The van der Waals surface area contributed by atoms with Crippen LogP contribution >= 0.6 is 11.6 Å². The van der Waals surface area contributed by atoms with E-state index in [1.807, 2.05) is 26.8 Å². The van der Waals surface area contributed by atoms with Gasteiger partial charge in [-0.05, 0) is 59.3 Å². The SMILES string of the molecule is CC(C)(C)C(NC(=O)c1ccc(Cl)cc1)NC(=NOCc1ccc(F)cc1)Nc1cccnc1. The molecule has 1 atom stereocenters. The fourth-order valence-electron chi connectivity index (χ4n) is 2.83. The molecule has 3 rings (SSSR count). The minimum Gasteiger partial charge on any atom is -0.388 e. The van der Waals surface area contributed by atoms with Crippen LogP contribution in [0.3, 0.4) is 0 Å². The Balaban J connectivity index is 1.77. The summed E-state index contributed by atoms with van der Waals surface area (Å²) in [6, 6.07) is 16.2. The number of benzene rings is 2. The van der Waals surface area contributed by atoms with E-state index in [0.717, 1.165) is 5.56 Å². The Morgan fingerprint density at radius 2 is 1.79 bits per heavy atom. The standard InChI is InChI=1S/C25H27ClFN5O2/c1-25(2,3)23(30-22(33)18-8-10-19(26)11-9-18)31-24(29-21-5-4-14-28-15-21)32-34-16-17-6-12-20(27)13-7-17/h4-15,23H,16H2,1-3H3,(H,30,33)(H2,29,31,32). The number of rotatable bonds is 7. The Bertz CT molecular complexity index is 1100. The normalized spacial score (nSPS) is 12.6. The molecule has 0 spiro atoms. The molecule has 7 nitrogen and oxygen atoms in total. The first kappa shape index (κ1) is 25.0. The van der Waals surface area contributed by atoms with Crippen molar-refractivity contribution < 1.29 is 14.0 Å². The van der Waals surface area contributed by atoms with Crippen LogP contribution in [0.15, 0.2) is 78.2 Å². The molecule has 1 aromatic heterocycles.